The molecule has 2 N–H and O–H groups in total. The SMILES string of the molecule is C=CC(=O)n1cccc1-c1ccc(CN)cc1. The highest BCUT2D eigenvalue weighted by Crippen LogP contribution is 2.20. The van der Waals surface area contributed by atoms with Crippen molar-refractivity contribution in [3.05, 3.63) is 60.8 Å². The van der Waals surface area contributed by atoms with Crippen LogP contribution in [0.5, 0.6) is 0 Å². The fourth-order valence-electron chi connectivity index (χ4n) is 1.72. The van der Waals surface area contributed by atoms with E-state index in [0.29, 0.717) is 6.54 Å². The van der Waals surface area contributed by atoms with E-state index in [0.717, 1.165) is 16.8 Å². The summed E-state index contributed by atoms with van der Waals surface area (Å²) in [5.74, 6) is -0.132. The van der Waals surface area contributed by atoms with E-state index in [9.17, 15) is 4.79 Å². The second-order valence-corrected chi connectivity index (χ2v) is 3.71. The van der Waals surface area contributed by atoms with Gasteiger partial charge in [-0.25, -0.2) is 0 Å². The smallest absolute Gasteiger partial charge is 0.254 e. The summed E-state index contributed by atoms with van der Waals surface area (Å²) in [5.41, 5.74) is 8.46. The summed E-state index contributed by atoms with van der Waals surface area (Å²) in [7, 11) is 0. The van der Waals surface area contributed by atoms with Gasteiger partial charge in [-0.15, -0.1) is 0 Å². The third-order valence-corrected chi connectivity index (χ3v) is 2.65. The van der Waals surface area contributed by atoms with E-state index in [-0.39, 0.29) is 5.91 Å². The molecule has 0 aliphatic rings. The van der Waals surface area contributed by atoms with E-state index in [1.165, 1.54) is 6.08 Å². The fourth-order valence-corrected chi connectivity index (χ4v) is 1.72. The Kier molecular flexibility index (Phi) is 3.21. The zero-order valence-electron chi connectivity index (χ0n) is 9.47. The Hall–Kier alpha value is -2.13. The summed E-state index contributed by atoms with van der Waals surface area (Å²) in [4.78, 5) is 11.6. The Morgan fingerprint density at radius 3 is 2.59 bits per heavy atom. The van der Waals surface area contributed by atoms with Gasteiger partial charge in [0.1, 0.15) is 0 Å². The van der Waals surface area contributed by atoms with Crippen molar-refractivity contribution in [2.24, 2.45) is 5.73 Å². The van der Waals surface area contributed by atoms with Gasteiger partial charge in [0, 0.05) is 12.7 Å². The summed E-state index contributed by atoms with van der Waals surface area (Å²) in [6, 6.07) is 11.6. The third kappa shape index (κ3) is 2.19. The second kappa shape index (κ2) is 4.80. The molecule has 17 heavy (non-hydrogen) atoms. The van der Waals surface area contributed by atoms with Gasteiger partial charge in [-0.2, -0.15) is 0 Å². The molecule has 1 aromatic carbocycles. The third-order valence-electron chi connectivity index (χ3n) is 2.65. The van der Waals surface area contributed by atoms with Crippen molar-refractivity contribution in [1.29, 1.82) is 0 Å². The van der Waals surface area contributed by atoms with Crippen LogP contribution in [0.15, 0.2) is 55.3 Å². The Morgan fingerprint density at radius 1 is 1.29 bits per heavy atom. The molecule has 0 amide bonds. The van der Waals surface area contributed by atoms with E-state index < -0.39 is 0 Å². The first kappa shape index (κ1) is 11.4. The lowest BCUT2D eigenvalue weighted by molar-refractivity contribution is 0.0971. The molecule has 2 rings (SSSR count). The van der Waals surface area contributed by atoms with Crippen LogP contribution in [0, 0.1) is 0 Å². The molecule has 0 saturated carbocycles. The largest absolute Gasteiger partial charge is 0.326 e. The molecule has 0 unspecified atom stereocenters. The minimum Gasteiger partial charge on any atom is -0.326 e. The van der Waals surface area contributed by atoms with Crippen LogP contribution in [0.4, 0.5) is 0 Å². The van der Waals surface area contributed by atoms with E-state index in [1.807, 2.05) is 36.4 Å². The Bertz CT molecular complexity index is 538. The molecule has 0 saturated heterocycles. The highest BCUT2D eigenvalue weighted by Gasteiger charge is 2.07. The number of nitrogens with two attached hydrogens (primary N) is 1. The Morgan fingerprint density at radius 2 is 2.00 bits per heavy atom. The minimum atomic E-state index is -0.132. The molecule has 0 spiro atoms. The summed E-state index contributed by atoms with van der Waals surface area (Å²) < 4.78 is 1.57. The normalized spacial score (nSPS) is 10.2. The quantitative estimate of drug-likeness (QED) is 0.817. The van der Waals surface area contributed by atoms with Gasteiger partial charge < -0.3 is 5.73 Å². The van der Waals surface area contributed by atoms with Crippen LogP contribution in [0.3, 0.4) is 0 Å². The number of rotatable bonds is 3. The number of nitrogens with zero attached hydrogens (tertiary/aromatic N) is 1. The van der Waals surface area contributed by atoms with Crippen molar-refractivity contribution in [3.63, 3.8) is 0 Å². The molecule has 1 aromatic heterocycles. The molecule has 86 valence electrons. The van der Waals surface area contributed by atoms with Gasteiger partial charge in [0.15, 0.2) is 0 Å². The number of hydrogen-bond acceptors (Lipinski definition) is 2. The maximum Gasteiger partial charge on any atom is 0.254 e. The minimum absolute atomic E-state index is 0.132. The lowest BCUT2D eigenvalue weighted by Crippen LogP contribution is -2.06. The van der Waals surface area contributed by atoms with Crippen LogP contribution in [0.25, 0.3) is 11.3 Å². The number of hydrogen-bond donors (Lipinski definition) is 1. The first-order valence-electron chi connectivity index (χ1n) is 5.39. The van der Waals surface area contributed by atoms with Crippen molar-refractivity contribution in [3.8, 4) is 11.3 Å². The van der Waals surface area contributed by atoms with E-state index in [4.69, 9.17) is 5.73 Å². The molecule has 2 aromatic rings. The number of benzene rings is 1. The number of aromatic nitrogens is 1. The lowest BCUT2D eigenvalue weighted by Gasteiger charge is -2.06. The number of carbonyl (C=O) groups is 1. The van der Waals surface area contributed by atoms with Gasteiger partial charge in [0.25, 0.3) is 5.91 Å². The van der Waals surface area contributed by atoms with Gasteiger partial charge in [0.2, 0.25) is 0 Å². The monoisotopic (exact) mass is 226 g/mol. The van der Waals surface area contributed by atoms with Gasteiger partial charge >= 0.3 is 0 Å². The zero-order valence-corrected chi connectivity index (χ0v) is 9.47. The van der Waals surface area contributed by atoms with Crippen LogP contribution >= 0.6 is 0 Å². The predicted octanol–water partition coefficient (Wildman–Crippen LogP) is 2.44. The van der Waals surface area contributed by atoms with E-state index >= 15 is 0 Å². The molecule has 0 bridgehead atoms. The molecule has 0 aliphatic heterocycles. The molecule has 0 aliphatic carbocycles. The lowest BCUT2D eigenvalue weighted by atomic mass is 10.1. The van der Waals surface area contributed by atoms with Gasteiger partial charge in [-0.1, -0.05) is 30.8 Å². The molecule has 1 heterocycles. The molecule has 0 atom stereocenters. The van der Waals surface area contributed by atoms with E-state index in [2.05, 4.69) is 6.58 Å². The predicted molar refractivity (Wildman–Crippen MR) is 68.6 cm³/mol. The van der Waals surface area contributed by atoms with Crippen molar-refractivity contribution >= 4 is 5.91 Å². The highest BCUT2D eigenvalue weighted by atomic mass is 16.1. The summed E-state index contributed by atoms with van der Waals surface area (Å²) in [5, 5.41) is 0. The van der Waals surface area contributed by atoms with Crippen LogP contribution in [-0.4, -0.2) is 10.5 Å². The van der Waals surface area contributed by atoms with Crippen molar-refractivity contribution < 1.29 is 4.79 Å². The molecular weight excluding hydrogens is 212 g/mol. The summed E-state index contributed by atoms with van der Waals surface area (Å²) in [6.45, 7) is 4.01. The summed E-state index contributed by atoms with van der Waals surface area (Å²) in [6.07, 6.45) is 3.04. The second-order valence-electron chi connectivity index (χ2n) is 3.71. The van der Waals surface area contributed by atoms with Crippen molar-refractivity contribution in [2.45, 2.75) is 6.54 Å². The average Bonchev–Trinajstić information content (AvgIpc) is 2.87. The summed E-state index contributed by atoms with van der Waals surface area (Å²) >= 11 is 0. The van der Waals surface area contributed by atoms with E-state index in [1.54, 1.807) is 10.8 Å². The van der Waals surface area contributed by atoms with Crippen LogP contribution in [-0.2, 0) is 6.54 Å². The number of carbonyl (C=O) groups excluding carboxylic acids is 1. The molecular formula is C14H14N2O. The molecule has 0 fully saturated rings. The Labute approximate surface area is 100 Å². The first-order valence-corrected chi connectivity index (χ1v) is 5.39. The molecule has 3 nitrogen and oxygen atoms in total. The fraction of sp³-hybridized carbons (Fsp3) is 0.0714. The van der Waals surface area contributed by atoms with Crippen LogP contribution in [0.1, 0.15) is 10.4 Å². The maximum atomic E-state index is 11.6. The van der Waals surface area contributed by atoms with Crippen molar-refractivity contribution in [1.82, 2.24) is 4.57 Å². The van der Waals surface area contributed by atoms with Crippen LogP contribution < -0.4 is 5.73 Å². The maximum absolute atomic E-state index is 11.6. The first-order chi connectivity index (χ1) is 8.26. The van der Waals surface area contributed by atoms with Gasteiger partial charge in [0.05, 0.1) is 5.69 Å². The van der Waals surface area contributed by atoms with Gasteiger partial charge in [-0.3, -0.25) is 9.36 Å². The molecule has 0 radical (unpaired) electrons. The van der Waals surface area contributed by atoms with Crippen LogP contribution in [0.2, 0.25) is 0 Å². The topological polar surface area (TPSA) is 48.0 Å². The number of allylic oxidation sites excluding steroid dienone is 1. The van der Waals surface area contributed by atoms with Crippen molar-refractivity contribution in [2.75, 3.05) is 0 Å². The van der Waals surface area contributed by atoms with Gasteiger partial charge in [-0.05, 0) is 29.3 Å². The Balaban J connectivity index is 2.42. The zero-order chi connectivity index (χ0) is 12.3. The average molecular weight is 226 g/mol. The highest BCUT2D eigenvalue weighted by molar-refractivity contribution is 5.92. The standard InChI is InChI=1S/C14H14N2O/c1-2-14(17)16-9-3-4-13(16)12-7-5-11(10-15)6-8-12/h2-9H,1,10,15H2. The molecule has 3 heteroatoms.